The lowest BCUT2D eigenvalue weighted by Crippen LogP contribution is -2.52. The molecule has 0 saturated carbocycles. The number of carboxylic acid groups (broad SMARTS) is 1. The van der Waals surface area contributed by atoms with Crippen molar-refractivity contribution in [3.05, 3.63) is 29.8 Å². The minimum atomic E-state index is -1.09. The van der Waals surface area contributed by atoms with Gasteiger partial charge in [0, 0.05) is 12.1 Å². The molecule has 0 spiro atoms. The molecule has 0 aliphatic carbocycles. The van der Waals surface area contributed by atoms with E-state index in [0.29, 0.717) is 17.9 Å². The molecule has 2 unspecified atom stereocenters. The highest BCUT2D eigenvalue weighted by Crippen LogP contribution is 2.35. The molecule has 2 rings (SSSR count). The number of rotatable bonds is 5. The quantitative estimate of drug-likeness (QED) is 0.889. The van der Waals surface area contributed by atoms with Crippen LogP contribution in [-0.4, -0.2) is 48.2 Å². The van der Waals surface area contributed by atoms with Crippen LogP contribution in [0.25, 0.3) is 0 Å². The highest BCUT2D eigenvalue weighted by atomic mass is 16.5. The maximum Gasteiger partial charge on any atom is 0.335 e. The van der Waals surface area contributed by atoms with Gasteiger partial charge in [-0.1, -0.05) is 25.1 Å². The minimum Gasteiger partial charge on any atom is -0.496 e. The zero-order valence-corrected chi connectivity index (χ0v) is 12.1. The number of ether oxygens (including phenoxy) is 2. The fourth-order valence-electron chi connectivity index (χ4n) is 2.61. The lowest BCUT2D eigenvalue weighted by atomic mass is 9.96. The minimum absolute atomic E-state index is 0.203. The van der Waals surface area contributed by atoms with Crippen LogP contribution in [0.2, 0.25) is 0 Å². The van der Waals surface area contributed by atoms with Crippen molar-refractivity contribution in [3.8, 4) is 5.75 Å². The lowest BCUT2D eigenvalue weighted by molar-refractivity contribution is -0.173. The number of carbonyl (C=O) groups excluding carboxylic acids is 1. The summed E-state index contributed by atoms with van der Waals surface area (Å²) in [5.41, 5.74) is 0.647. The molecule has 1 heterocycles. The Bertz CT molecular complexity index is 531. The third kappa shape index (κ3) is 3.00. The number of carbonyl (C=O) groups is 2. The topological polar surface area (TPSA) is 76.1 Å². The second-order valence-electron chi connectivity index (χ2n) is 4.84. The molecule has 1 aliphatic heterocycles. The van der Waals surface area contributed by atoms with Gasteiger partial charge in [0.2, 0.25) is 5.91 Å². The van der Waals surface area contributed by atoms with E-state index in [0.717, 1.165) is 6.42 Å². The summed E-state index contributed by atoms with van der Waals surface area (Å²) in [6.07, 6.45) is -0.352. The number of hydrogen-bond acceptors (Lipinski definition) is 4. The molecule has 1 amide bonds. The SMILES string of the molecule is CCCN1C(=O)COC(C(=O)O)C1c1ccccc1OC. The standard InChI is InChI=1S/C15H19NO5/c1-3-8-16-12(17)9-21-14(15(18)19)13(16)10-6-4-5-7-11(10)20-2/h4-7,13-14H,3,8-9H2,1-2H3,(H,18,19). The van der Waals surface area contributed by atoms with E-state index in [1.54, 1.807) is 29.2 Å². The van der Waals surface area contributed by atoms with Gasteiger partial charge in [-0.05, 0) is 12.5 Å². The van der Waals surface area contributed by atoms with Gasteiger partial charge in [0.1, 0.15) is 12.4 Å². The van der Waals surface area contributed by atoms with Gasteiger partial charge in [-0.3, -0.25) is 4.79 Å². The van der Waals surface area contributed by atoms with Gasteiger partial charge in [-0.15, -0.1) is 0 Å². The van der Waals surface area contributed by atoms with Gasteiger partial charge in [0.15, 0.2) is 6.10 Å². The summed E-state index contributed by atoms with van der Waals surface area (Å²) in [6, 6.07) is 6.43. The molecule has 0 bridgehead atoms. The van der Waals surface area contributed by atoms with Crippen molar-refractivity contribution < 1.29 is 24.2 Å². The van der Waals surface area contributed by atoms with Crippen molar-refractivity contribution in [2.24, 2.45) is 0 Å². The predicted octanol–water partition coefficient (Wildman–Crippen LogP) is 1.46. The van der Waals surface area contributed by atoms with Crippen LogP contribution in [-0.2, 0) is 14.3 Å². The number of morpholine rings is 1. The fraction of sp³-hybridized carbons (Fsp3) is 0.467. The molecule has 1 saturated heterocycles. The molecule has 1 N–H and O–H groups in total. The summed E-state index contributed by atoms with van der Waals surface area (Å²) in [4.78, 5) is 25.2. The second kappa shape index (κ2) is 6.58. The summed E-state index contributed by atoms with van der Waals surface area (Å²) >= 11 is 0. The largest absolute Gasteiger partial charge is 0.496 e. The molecule has 6 nitrogen and oxygen atoms in total. The van der Waals surface area contributed by atoms with Crippen molar-refractivity contribution in [2.45, 2.75) is 25.5 Å². The Balaban J connectivity index is 2.48. The van der Waals surface area contributed by atoms with Crippen LogP contribution in [0, 0.1) is 0 Å². The van der Waals surface area contributed by atoms with Crippen LogP contribution in [0.5, 0.6) is 5.75 Å². The van der Waals surface area contributed by atoms with Crippen LogP contribution in [0.15, 0.2) is 24.3 Å². The van der Waals surface area contributed by atoms with E-state index in [1.165, 1.54) is 7.11 Å². The van der Waals surface area contributed by atoms with Crippen molar-refractivity contribution in [1.29, 1.82) is 0 Å². The Morgan fingerprint density at radius 2 is 2.19 bits per heavy atom. The maximum atomic E-state index is 12.1. The molecule has 1 aromatic carbocycles. The van der Waals surface area contributed by atoms with E-state index < -0.39 is 18.1 Å². The molecule has 114 valence electrons. The Labute approximate surface area is 123 Å². The summed E-state index contributed by atoms with van der Waals surface area (Å²) in [5.74, 6) is -0.738. The van der Waals surface area contributed by atoms with Crippen LogP contribution in [0.4, 0.5) is 0 Å². The monoisotopic (exact) mass is 293 g/mol. The molecule has 2 atom stereocenters. The van der Waals surface area contributed by atoms with Gasteiger partial charge < -0.3 is 19.5 Å². The van der Waals surface area contributed by atoms with Crippen molar-refractivity contribution >= 4 is 11.9 Å². The smallest absolute Gasteiger partial charge is 0.335 e. The first-order chi connectivity index (χ1) is 10.1. The number of benzene rings is 1. The molecular weight excluding hydrogens is 274 g/mol. The predicted molar refractivity (Wildman–Crippen MR) is 75.1 cm³/mol. The van der Waals surface area contributed by atoms with E-state index in [4.69, 9.17) is 9.47 Å². The molecule has 1 fully saturated rings. The van der Waals surface area contributed by atoms with Crippen molar-refractivity contribution in [3.63, 3.8) is 0 Å². The molecule has 0 radical (unpaired) electrons. The van der Waals surface area contributed by atoms with Crippen LogP contribution >= 0.6 is 0 Å². The van der Waals surface area contributed by atoms with Crippen LogP contribution in [0.3, 0.4) is 0 Å². The lowest BCUT2D eigenvalue weighted by Gasteiger charge is -2.39. The number of methoxy groups -OCH3 is 1. The fourth-order valence-corrected chi connectivity index (χ4v) is 2.61. The van der Waals surface area contributed by atoms with Gasteiger partial charge in [-0.25, -0.2) is 4.79 Å². The zero-order chi connectivity index (χ0) is 15.4. The third-order valence-electron chi connectivity index (χ3n) is 3.49. The molecule has 0 aromatic heterocycles. The zero-order valence-electron chi connectivity index (χ0n) is 12.1. The van der Waals surface area contributed by atoms with Crippen LogP contribution < -0.4 is 4.74 Å². The number of nitrogens with zero attached hydrogens (tertiary/aromatic N) is 1. The Morgan fingerprint density at radius 1 is 1.48 bits per heavy atom. The van der Waals surface area contributed by atoms with Gasteiger partial charge in [0.05, 0.1) is 13.2 Å². The highest BCUT2D eigenvalue weighted by molar-refractivity contribution is 5.83. The number of para-hydroxylation sites is 1. The molecular formula is C15H19NO5. The average molecular weight is 293 g/mol. The Morgan fingerprint density at radius 3 is 2.81 bits per heavy atom. The first-order valence-corrected chi connectivity index (χ1v) is 6.87. The van der Waals surface area contributed by atoms with E-state index in [1.807, 2.05) is 6.92 Å². The van der Waals surface area contributed by atoms with Crippen molar-refractivity contribution in [2.75, 3.05) is 20.3 Å². The third-order valence-corrected chi connectivity index (χ3v) is 3.49. The van der Waals surface area contributed by atoms with Crippen LogP contribution in [0.1, 0.15) is 24.9 Å². The summed E-state index contributed by atoms with van der Waals surface area (Å²) < 4.78 is 10.6. The highest BCUT2D eigenvalue weighted by Gasteiger charge is 2.42. The molecule has 1 aliphatic rings. The Hall–Kier alpha value is -2.08. The number of amides is 1. The Kier molecular flexibility index (Phi) is 4.80. The summed E-state index contributed by atoms with van der Waals surface area (Å²) in [5, 5.41) is 9.40. The average Bonchev–Trinajstić information content (AvgIpc) is 2.49. The van der Waals surface area contributed by atoms with Crippen molar-refractivity contribution in [1.82, 2.24) is 4.90 Å². The van der Waals surface area contributed by atoms with E-state index in [-0.39, 0.29) is 12.5 Å². The van der Waals surface area contributed by atoms with E-state index in [2.05, 4.69) is 0 Å². The molecule has 6 heteroatoms. The van der Waals surface area contributed by atoms with E-state index >= 15 is 0 Å². The van der Waals surface area contributed by atoms with Gasteiger partial charge in [0.25, 0.3) is 0 Å². The summed E-state index contributed by atoms with van der Waals surface area (Å²) in [6.45, 7) is 2.22. The molecule has 21 heavy (non-hydrogen) atoms. The molecule has 1 aromatic rings. The number of carboxylic acids is 1. The second-order valence-corrected chi connectivity index (χ2v) is 4.84. The first-order valence-electron chi connectivity index (χ1n) is 6.87. The first kappa shape index (κ1) is 15.3. The maximum absolute atomic E-state index is 12.1. The summed E-state index contributed by atoms with van der Waals surface area (Å²) in [7, 11) is 1.52. The number of hydrogen-bond donors (Lipinski definition) is 1. The van der Waals surface area contributed by atoms with Gasteiger partial charge in [-0.2, -0.15) is 0 Å². The normalized spacial score (nSPS) is 22.2. The van der Waals surface area contributed by atoms with E-state index in [9.17, 15) is 14.7 Å². The number of aliphatic carboxylic acids is 1. The van der Waals surface area contributed by atoms with Gasteiger partial charge >= 0.3 is 5.97 Å².